The molecule has 1 aromatic rings. The lowest BCUT2D eigenvalue weighted by atomic mass is 10.0. The van der Waals surface area contributed by atoms with E-state index >= 15 is 0 Å². The van der Waals surface area contributed by atoms with Gasteiger partial charge in [-0.2, -0.15) is 0 Å². The molecule has 0 saturated heterocycles. The Kier molecular flexibility index (Phi) is 8.99. The number of ketones is 1. The van der Waals surface area contributed by atoms with Gasteiger partial charge in [0.25, 0.3) is 0 Å². The molecular formula is C20H29NO5. The zero-order valence-corrected chi connectivity index (χ0v) is 16.1. The van der Waals surface area contributed by atoms with Gasteiger partial charge in [-0.1, -0.05) is 24.3 Å². The molecule has 0 radical (unpaired) electrons. The number of nitrogens with one attached hydrogen (secondary N) is 1. The predicted molar refractivity (Wildman–Crippen MR) is 98.8 cm³/mol. The molecule has 1 N–H and O–H groups in total. The molecule has 0 aliphatic heterocycles. The van der Waals surface area contributed by atoms with Gasteiger partial charge in [0.1, 0.15) is 5.60 Å². The summed E-state index contributed by atoms with van der Waals surface area (Å²) in [6.45, 7) is 8.70. The Balaban J connectivity index is 2.36. The van der Waals surface area contributed by atoms with Gasteiger partial charge in [-0.25, -0.2) is 0 Å². The zero-order chi connectivity index (χ0) is 19.6. The molecule has 0 aromatic heterocycles. The average Bonchev–Trinajstić information content (AvgIpc) is 2.56. The van der Waals surface area contributed by atoms with Crippen molar-refractivity contribution >= 4 is 17.7 Å². The molecule has 0 atom stereocenters. The van der Waals surface area contributed by atoms with Crippen molar-refractivity contribution in [3.05, 3.63) is 35.4 Å². The van der Waals surface area contributed by atoms with Crippen molar-refractivity contribution in [2.45, 2.75) is 59.1 Å². The van der Waals surface area contributed by atoms with Crippen LogP contribution in [0, 0.1) is 0 Å². The normalized spacial score (nSPS) is 11.1. The van der Waals surface area contributed by atoms with E-state index in [-0.39, 0.29) is 30.6 Å². The van der Waals surface area contributed by atoms with Crippen molar-refractivity contribution < 1.29 is 23.9 Å². The third kappa shape index (κ3) is 9.32. The molecule has 0 aliphatic rings. The fourth-order valence-corrected chi connectivity index (χ4v) is 2.22. The van der Waals surface area contributed by atoms with Gasteiger partial charge in [0.2, 0.25) is 0 Å². The maximum Gasteiger partial charge on any atom is 0.307 e. The van der Waals surface area contributed by atoms with Crippen LogP contribution in [-0.4, -0.2) is 36.5 Å². The Bertz CT molecular complexity index is 602. The lowest BCUT2D eigenvalue weighted by Crippen LogP contribution is -2.24. The molecule has 0 bridgehead atoms. The van der Waals surface area contributed by atoms with E-state index in [9.17, 15) is 14.4 Å². The molecular weight excluding hydrogens is 334 g/mol. The molecule has 144 valence electrons. The van der Waals surface area contributed by atoms with E-state index in [1.165, 1.54) is 0 Å². The van der Waals surface area contributed by atoms with E-state index in [1.54, 1.807) is 39.8 Å². The van der Waals surface area contributed by atoms with Crippen LogP contribution in [0.25, 0.3) is 0 Å². The third-order valence-corrected chi connectivity index (χ3v) is 3.39. The number of carbonyl (C=O) groups excluding carboxylic acids is 3. The smallest absolute Gasteiger partial charge is 0.307 e. The van der Waals surface area contributed by atoms with Gasteiger partial charge in [-0.15, -0.1) is 0 Å². The van der Waals surface area contributed by atoms with Gasteiger partial charge in [-0.05, 0) is 33.3 Å². The highest BCUT2D eigenvalue weighted by atomic mass is 16.6. The van der Waals surface area contributed by atoms with Crippen molar-refractivity contribution in [3.63, 3.8) is 0 Å². The molecule has 0 aliphatic carbocycles. The van der Waals surface area contributed by atoms with Crippen LogP contribution in [0.4, 0.5) is 0 Å². The fourth-order valence-electron chi connectivity index (χ4n) is 2.22. The molecule has 0 heterocycles. The maximum absolute atomic E-state index is 12.1. The molecule has 6 heteroatoms. The minimum atomic E-state index is -0.540. The Morgan fingerprint density at radius 1 is 0.962 bits per heavy atom. The van der Waals surface area contributed by atoms with Crippen LogP contribution in [0.3, 0.4) is 0 Å². The second kappa shape index (κ2) is 10.7. The number of rotatable bonds is 10. The topological polar surface area (TPSA) is 81.7 Å². The highest BCUT2D eigenvalue weighted by Gasteiger charge is 2.17. The van der Waals surface area contributed by atoms with Crippen LogP contribution in [0.5, 0.6) is 0 Å². The van der Waals surface area contributed by atoms with Crippen LogP contribution in [-0.2, 0) is 25.6 Å². The highest BCUT2D eigenvalue weighted by molar-refractivity contribution is 5.97. The molecule has 26 heavy (non-hydrogen) atoms. The first kappa shape index (κ1) is 21.8. The van der Waals surface area contributed by atoms with Gasteiger partial charge < -0.3 is 14.8 Å². The molecule has 0 amide bonds. The third-order valence-electron chi connectivity index (χ3n) is 3.39. The van der Waals surface area contributed by atoms with Gasteiger partial charge >= 0.3 is 11.9 Å². The van der Waals surface area contributed by atoms with Crippen molar-refractivity contribution in [2.75, 3.05) is 13.2 Å². The maximum atomic E-state index is 12.1. The van der Waals surface area contributed by atoms with Crippen LogP contribution < -0.4 is 5.32 Å². The quantitative estimate of drug-likeness (QED) is 0.391. The van der Waals surface area contributed by atoms with Crippen LogP contribution in [0.1, 0.15) is 62.9 Å². The molecule has 6 nitrogen and oxygen atoms in total. The molecule has 0 saturated carbocycles. The van der Waals surface area contributed by atoms with Crippen LogP contribution in [0.2, 0.25) is 0 Å². The number of hydrogen-bond donors (Lipinski definition) is 1. The first-order valence-corrected chi connectivity index (χ1v) is 8.91. The van der Waals surface area contributed by atoms with Crippen LogP contribution >= 0.6 is 0 Å². The van der Waals surface area contributed by atoms with E-state index in [0.29, 0.717) is 31.7 Å². The minimum Gasteiger partial charge on any atom is -0.466 e. The van der Waals surface area contributed by atoms with Gasteiger partial charge in [0.05, 0.1) is 19.4 Å². The molecule has 0 unspecified atom stereocenters. The SMILES string of the molecule is CCOC(=O)CCNCc1ccc(C(=O)CCC(=O)OC(C)(C)C)cc1. The zero-order valence-electron chi connectivity index (χ0n) is 16.1. The molecule has 0 spiro atoms. The second-order valence-corrected chi connectivity index (χ2v) is 6.94. The van der Waals surface area contributed by atoms with E-state index in [4.69, 9.17) is 9.47 Å². The van der Waals surface area contributed by atoms with Crippen molar-refractivity contribution in [1.29, 1.82) is 0 Å². The minimum absolute atomic E-state index is 0.0767. The monoisotopic (exact) mass is 363 g/mol. The summed E-state index contributed by atoms with van der Waals surface area (Å²) in [5.74, 6) is -0.670. The Hall–Kier alpha value is -2.21. The summed E-state index contributed by atoms with van der Waals surface area (Å²) in [4.78, 5) is 35.0. The van der Waals surface area contributed by atoms with E-state index < -0.39 is 5.60 Å². The van der Waals surface area contributed by atoms with Crippen molar-refractivity contribution in [1.82, 2.24) is 5.32 Å². The summed E-state index contributed by atoms with van der Waals surface area (Å²) in [6.07, 6.45) is 0.536. The number of Topliss-reactive ketones (excluding diaryl/α,β-unsaturated/α-hetero) is 1. The summed E-state index contributed by atoms with van der Waals surface area (Å²) < 4.78 is 10.1. The fraction of sp³-hybridized carbons (Fsp3) is 0.550. The molecule has 1 aromatic carbocycles. The first-order valence-electron chi connectivity index (χ1n) is 8.91. The first-order chi connectivity index (χ1) is 12.2. The number of carbonyl (C=O) groups is 3. The average molecular weight is 363 g/mol. The van der Waals surface area contributed by atoms with Crippen LogP contribution in [0.15, 0.2) is 24.3 Å². The van der Waals surface area contributed by atoms with Gasteiger partial charge in [0.15, 0.2) is 5.78 Å². The summed E-state index contributed by atoms with van der Waals surface area (Å²) in [5.41, 5.74) is 1.04. The number of hydrogen-bond acceptors (Lipinski definition) is 6. The predicted octanol–water partition coefficient (Wildman–Crippen LogP) is 3.03. The second-order valence-electron chi connectivity index (χ2n) is 6.94. The van der Waals surface area contributed by atoms with Crippen molar-refractivity contribution in [2.24, 2.45) is 0 Å². The summed E-state index contributed by atoms with van der Waals surface area (Å²) in [6, 6.07) is 7.22. The Morgan fingerprint density at radius 2 is 1.62 bits per heavy atom. The lowest BCUT2D eigenvalue weighted by molar-refractivity contribution is -0.154. The van der Waals surface area contributed by atoms with Crippen molar-refractivity contribution in [3.8, 4) is 0 Å². The van der Waals surface area contributed by atoms with E-state index in [1.807, 2.05) is 12.1 Å². The van der Waals surface area contributed by atoms with E-state index in [2.05, 4.69) is 5.32 Å². The van der Waals surface area contributed by atoms with E-state index in [0.717, 1.165) is 5.56 Å². The molecule has 0 fully saturated rings. The summed E-state index contributed by atoms with van der Waals surface area (Å²) in [7, 11) is 0. The summed E-state index contributed by atoms with van der Waals surface area (Å²) in [5, 5.41) is 3.15. The largest absolute Gasteiger partial charge is 0.466 e. The van der Waals surface area contributed by atoms with Gasteiger partial charge in [0, 0.05) is 25.1 Å². The lowest BCUT2D eigenvalue weighted by Gasteiger charge is -2.19. The highest BCUT2D eigenvalue weighted by Crippen LogP contribution is 2.12. The number of benzene rings is 1. The number of ether oxygens (including phenoxy) is 2. The Labute approximate surface area is 155 Å². The standard InChI is InChI=1S/C20H29NO5/c1-5-25-18(23)12-13-21-14-15-6-8-16(9-7-15)17(22)10-11-19(24)26-20(2,3)4/h6-9,21H,5,10-14H2,1-4H3. The summed E-state index contributed by atoms with van der Waals surface area (Å²) >= 11 is 0. The van der Waals surface area contributed by atoms with Gasteiger partial charge in [-0.3, -0.25) is 14.4 Å². The number of esters is 2. The molecule has 1 rings (SSSR count). The Morgan fingerprint density at radius 3 is 2.19 bits per heavy atom.